The van der Waals surface area contributed by atoms with Crippen LogP contribution in [0.1, 0.15) is 11.1 Å². The van der Waals surface area contributed by atoms with E-state index in [-0.39, 0.29) is 0 Å². The zero-order valence-corrected chi connectivity index (χ0v) is 15.4. The van der Waals surface area contributed by atoms with E-state index in [0.717, 1.165) is 40.0 Å². The number of aromatic amines is 1. The van der Waals surface area contributed by atoms with Crippen LogP contribution < -0.4 is 0 Å². The highest BCUT2D eigenvalue weighted by molar-refractivity contribution is 6.02. The molecule has 0 spiro atoms. The first kappa shape index (κ1) is 17.0. The van der Waals surface area contributed by atoms with E-state index < -0.39 is 0 Å². The third kappa shape index (κ3) is 3.33. The summed E-state index contributed by atoms with van der Waals surface area (Å²) in [5, 5.41) is 10.2. The average molecular weight is 352 g/mol. The van der Waals surface area contributed by atoms with Gasteiger partial charge in [0.05, 0.1) is 11.3 Å². The molecule has 4 rings (SSSR count). The Kier molecular flexibility index (Phi) is 4.45. The summed E-state index contributed by atoms with van der Waals surface area (Å²) in [5.41, 5.74) is 6.93. The minimum Gasteiger partial charge on any atom is -0.339 e. The van der Waals surface area contributed by atoms with E-state index in [1.165, 1.54) is 5.56 Å². The normalized spacial score (nSPS) is 11.0. The SMILES string of the molecule is CN(C)Cc1ccc(-c2[nH]c3ncc(C#N)cc3c2-c2ccccc2)cc1. The Balaban J connectivity index is 1.91. The lowest BCUT2D eigenvalue weighted by Gasteiger charge is -2.10. The molecule has 0 radical (unpaired) electrons. The van der Waals surface area contributed by atoms with Crippen molar-refractivity contribution >= 4 is 11.0 Å². The molecule has 0 unspecified atom stereocenters. The summed E-state index contributed by atoms with van der Waals surface area (Å²) in [6, 6.07) is 22.9. The Labute approximate surface area is 158 Å². The molecule has 132 valence electrons. The van der Waals surface area contributed by atoms with E-state index in [9.17, 15) is 5.26 Å². The van der Waals surface area contributed by atoms with Crippen molar-refractivity contribution in [1.82, 2.24) is 14.9 Å². The molecule has 0 saturated carbocycles. The van der Waals surface area contributed by atoms with Gasteiger partial charge < -0.3 is 9.88 Å². The van der Waals surface area contributed by atoms with Crippen LogP contribution in [0.4, 0.5) is 0 Å². The molecule has 0 saturated heterocycles. The van der Waals surface area contributed by atoms with Gasteiger partial charge in [0.1, 0.15) is 11.7 Å². The van der Waals surface area contributed by atoms with Crippen molar-refractivity contribution in [3.63, 3.8) is 0 Å². The summed E-state index contributed by atoms with van der Waals surface area (Å²) in [4.78, 5) is 10.1. The number of H-pyrrole nitrogens is 1. The first-order valence-corrected chi connectivity index (χ1v) is 8.87. The monoisotopic (exact) mass is 352 g/mol. The van der Waals surface area contributed by atoms with Gasteiger partial charge in [0.25, 0.3) is 0 Å². The number of nitriles is 1. The zero-order chi connectivity index (χ0) is 18.8. The third-order valence-electron chi connectivity index (χ3n) is 4.58. The van der Waals surface area contributed by atoms with Gasteiger partial charge in [-0.25, -0.2) is 4.98 Å². The van der Waals surface area contributed by atoms with E-state index in [2.05, 4.69) is 71.4 Å². The number of rotatable bonds is 4. The van der Waals surface area contributed by atoms with Gasteiger partial charge in [0, 0.05) is 23.7 Å². The number of aromatic nitrogens is 2. The maximum atomic E-state index is 9.28. The third-order valence-corrected chi connectivity index (χ3v) is 4.58. The Morgan fingerprint density at radius 3 is 2.41 bits per heavy atom. The maximum Gasteiger partial charge on any atom is 0.138 e. The number of fused-ring (bicyclic) bond motifs is 1. The van der Waals surface area contributed by atoms with Crippen molar-refractivity contribution in [2.24, 2.45) is 0 Å². The second-order valence-corrected chi connectivity index (χ2v) is 6.91. The van der Waals surface area contributed by atoms with E-state index in [1.807, 2.05) is 24.3 Å². The van der Waals surface area contributed by atoms with E-state index in [1.54, 1.807) is 6.20 Å². The lowest BCUT2D eigenvalue weighted by Crippen LogP contribution is -2.10. The summed E-state index contributed by atoms with van der Waals surface area (Å²) >= 11 is 0. The Bertz CT molecular complexity index is 1120. The predicted octanol–water partition coefficient (Wildman–Crippen LogP) is 4.83. The number of hydrogen-bond acceptors (Lipinski definition) is 3. The van der Waals surface area contributed by atoms with Crippen molar-refractivity contribution in [3.8, 4) is 28.5 Å². The largest absolute Gasteiger partial charge is 0.339 e. The number of hydrogen-bond donors (Lipinski definition) is 1. The van der Waals surface area contributed by atoms with Gasteiger partial charge in [-0.05, 0) is 36.9 Å². The lowest BCUT2D eigenvalue weighted by molar-refractivity contribution is 0.402. The van der Waals surface area contributed by atoms with Gasteiger partial charge in [-0.1, -0.05) is 54.6 Å². The van der Waals surface area contributed by atoms with Crippen LogP contribution >= 0.6 is 0 Å². The van der Waals surface area contributed by atoms with Gasteiger partial charge in [0.2, 0.25) is 0 Å². The Morgan fingerprint density at radius 1 is 1.00 bits per heavy atom. The molecule has 2 aromatic heterocycles. The highest BCUT2D eigenvalue weighted by Crippen LogP contribution is 2.38. The van der Waals surface area contributed by atoms with Crippen LogP contribution in [0.15, 0.2) is 66.9 Å². The van der Waals surface area contributed by atoms with Crippen LogP contribution in [0.3, 0.4) is 0 Å². The van der Waals surface area contributed by atoms with E-state index >= 15 is 0 Å². The van der Waals surface area contributed by atoms with Crippen molar-refractivity contribution in [2.75, 3.05) is 14.1 Å². The molecule has 2 heterocycles. The zero-order valence-electron chi connectivity index (χ0n) is 15.4. The number of nitrogens with one attached hydrogen (secondary N) is 1. The molecule has 4 heteroatoms. The smallest absolute Gasteiger partial charge is 0.138 e. The van der Waals surface area contributed by atoms with Crippen molar-refractivity contribution < 1.29 is 0 Å². The minimum absolute atomic E-state index is 0.562. The van der Waals surface area contributed by atoms with Crippen LogP contribution in [0.5, 0.6) is 0 Å². The van der Waals surface area contributed by atoms with Crippen molar-refractivity contribution in [3.05, 3.63) is 78.0 Å². The van der Waals surface area contributed by atoms with Crippen LogP contribution in [0.25, 0.3) is 33.4 Å². The molecule has 1 N–H and O–H groups in total. The summed E-state index contributed by atoms with van der Waals surface area (Å²) in [6.45, 7) is 0.908. The molecule has 0 bridgehead atoms. The van der Waals surface area contributed by atoms with Crippen LogP contribution in [0.2, 0.25) is 0 Å². The molecule has 0 aliphatic heterocycles. The predicted molar refractivity (Wildman–Crippen MR) is 109 cm³/mol. The van der Waals surface area contributed by atoms with Crippen LogP contribution in [-0.4, -0.2) is 29.0 Å². The summed E-state index contributed by atoms with van der Waals surface area (Å²) in [6.07, 6.45) is 1.61. The highest BCUT2D eigenvalue weighted by Gasteiger charge is 2.16. The quantitative estimate of drug-likeness (QED) is 0.572. The minimum atomic E-state index is 0.562. The molecule has 0 aliphatic carbocycles. The van der Waals surface area contributed by atoms with Gasteiger partial charge >= 0.3 is 0 Å². The Hall–Kier alpha value is -3.42. The Morgan fingerprint density at radius 2 is 1.74 bits per heavy atom. The standard InChI is InChI=1S/C23H20N4/c1-27(2)15-16-8-10-19(11-9-16)22-21(18-6-4-3-5-7-18)20-12-17(13-24)14-25-23(20)26-22/h3-12,14H,15H2,1-2H3,(H,25,26). The number of nitrogens with zero attached hydrogens (tertiary/aromatic N) is 3. The van der Waals surface area contributed by atoms with Gasteiger partial charge in [-0.3, -0.25) is 0 Å². The molecular formula is C23H20N4. The summed E-state index contributed by atoms with van der Waals surface area (Å²) < 4.78 is 0. The fraction of sp³-hybridized carbons (Fsp3) is 0.130. The summed E-state index contributed by atoms with van der Waals surface area (Å²) in [7, 11) is 4.13. The molecule has 0 atom stereocenters. The van der Waals surface area contributed by atoms with Crippen molar-refractivity contribution in [2.45, 2.75) is 6.54 Å². The van der Waals surface area contributed by atoms with Crippen LogP contribution in [0, 0.1) is 11.3 Å². The molecule has 0 fully saturated rings. The first-order chi connectivity index (χ1) is 13.2. The summed E-state index contributed by atoms with van der Waals surface area (Å²) in [5.74, 6) is 0. The molecule has 27 heavy (non-hydrogen) atoms. The molecule has 4 nitrogen and oxygen atoms in total. The molecule has 0 amide bonds. The number of pyridine rings is 1. The maximum absolute atomic E-state index is 9.28. The van der Waals surface area contributed by atoms with Crippen molar-refractivity contribution in [1.29, 1.82) is 5.26 Å². The average Bonchev–Trinajstić information content (AvgIpc) is 3.07. The van der Waals surface area contributed by atoms with Gasteiger partial charge in [-0.2, -0.15) is 5.26 Å². The van der Waals surface area contributed by atoms with Crippen LogP contribution in [-0.2, 0) is 6.54 Å². The lowest BCUT2D eigenvalue weighted by atomic mass is 9.98. The van der Waals surface area contributed by atoms with E-state index in [4.69, 9.17) is 0 Å². The highest BCUT2D eigenvalue weighted by atomic mass is 15.0. The molecular weight excluding hydrogens is 332 g/mol. The fourth-order valence-corrected chi connectivity index (χ4v) is 3.39. The van der Waals surface area contributed by atoms with E-state index in [0.29, 0.717) is 5.56 Å². The molecule has 2 aromatic carbocycles. The van der Waals surface area contributed by atoms with Gasteiger partial charge in [0.15, 0.2) is 0 Å². The fourth-order valence-electron chi connectivity index (χ4n) is 3.39. The topological polar surface area (TPSA) is 55.7 Å². The molecule has 4 aromatic rings. The van der Waals surface area contributed by atoms with Gasteiger partial charge in [-0.15, -0.1) is 0 Å². The molecule has 0 aliphatic rings. The number of benzene rings is 2. The second-order valence-electron chi connectivity index (χ2n) is 6.91. The second kappa shape index (κ2) is 7.06. The first-order valence-electron chi connectivity index (χ1n) is 8.87.